The monoisotopic (exact) mass is 271 g/mol. The number of hydrogen-bond donors (Lipinski definition) is 1. The summed E-state index contributed by atoms with van der Waals surface area (Å²) in [6.07, 6.45) is 1.57. The number of halogens is 2. The lowest BCUT2D eigenvalue weighted by atomic mass is 10.2. The van der Waals surface area contributed by atoms with Gasteiger partial charge in [-0.05, 0) is 0 Å². The number of thiazole rings is 1. The fourth-order valence-electron chi connectivity index (χ4n) is 1.38. The summed E-state index contributed by atoms with van der Waals surface area (Å²) in [4.78, 5) is 13.8. The van der Waals surface area contributed by atoms with Gasteiger partial charge >= 0.3 is 0 Å². The third-order valence-corrected chi connectivity index (χ3v) is 2.91. The van der Waals surface area contributed by atoms with Crippen LogP contribution in [0.3, 0.4) is 0 Å². The Labute approximate surface area is 104 Å². The lowest BCUT2D eigenvalue weighted by Gasteiger charge is -2.06. The molecule has 94 valence electrons. The molecule has 0 radical (unpaired) electrons. The van der Waals surface area contributed by atoms with E-state index in [9.17, 15) is 18.9 Å². The molecule has 0 aliphatic rings. The van der Waals surface area contributed by atoms with E-state index in [0.29, 0.717) is 17.1 Å². The van der Waals surface area contributed by atoms with Crippen molar-refractivity contribution >= 4 is 22.7 Å². The SMILES string of the molecule is O=[N+]([O-])c1cc(F)cc(F)c1NCc1nccs1. The molecule has 0 aliphatic heterocycles. The first-order valence-corrected chi connectivity index (χ1v) is 5.71. The first-order valence-electron chi connectivity index (χ1n) is 4.83. The minimum absolute atomic E-state index is 0.140. The smallest absolute Gasteiger partial charge is 0.298 e. The number of hydrogen-bond acceptors (Lipinski definition) is 5. The summed E-state index contributed by atoms with van der Waals surface area (Å²) in [5.41, 5.74) is -0.972. The van der Waals surface area contributed by atoms with Crippen LogP contribution in [-0.4, -0.2) is 9.91 Å². The van der Waals surface area contributed by atoms with Crippen molar-refractivity contribution in [2.75, 3.05) is 5.32 Å². The Hall–Kier alpha value is -2.09. The van der Waals surface area contributed by atoms with E-state index in [1.165, 1.54) is 11.3 Å². The second-order valence-electron chi connectivity index (χ2n) is 3.32. The summed E-state index contributed by atoms with van der Waals surface area (Å²) in [6.45, 7) is 0.140. The molecule has 0 saturated heterocycles. The molecule has 0 bridgehead atoms. The van der Waals surface area contributed by atoms with Crippen LogP contribution >= 0.6 is 11.3 Å². The van der Waals surface area contributed by atoms with E-state index in [2.05, 4.69) is 10.3 Å². The third kappa shape index (κ3) is 2.59. The van der Waals surface area contributed by atoms with E-state index in [4.69, 9.17) is 0 Å². The van der Waals surface area contributed by atoms with Gasteiger partial charge in [-0.2, -0.15) is 0 Å². The maximum Gasteiger partial charge on any atom is 0.298 e. The Morgan fingerprint density at radius 3 is 2.83 bits per heavy atom. The molecule has 0 fully saturated rings. The van der Waals surface area contributed by atoms with Gasteiger partial charge in [0.1, 0.15) is 16.5 Å². The van der Waals surface area contributed by atoms with Crippen LogP contribution in [0.25, 0.3) is 0 Å². The zero-order chi connectivity index (χ0) is 13.1. The van der Waals surface area contributed by atoms with Gasteiger partial charge in [0, 0.05) is 17.6 Å². The molecule has 0 amide bonds. The van der Waals surface area contributed by atoms with Crippen LogP contribution in [0, 0.1) is 21.7 Å². The predicted octanol–water partition coefficient (Wildman–Crippen LogP) is 2.94. The second-order valence-corrected chi connectivity index (χ2v) is 4.30. The van der Waals surface area contributed by atoms with Gasteiger partial charge in [0.05, 0.1) is 17.5 Å². The van der Waals surface area contributed by atoms with Gasteiger partial charge in [0.25, 0.3) is 5.69 Å². The Morgan fingerprint density at radius 2 is 2.22 bits per heavy atom. The molecule has 1 aromatic carbocycles. The highest BCUT2D eigenvalue weighted by molar-refractivity contribution is 7.09. The second kappa shape index (κ2) is 5.05. The fraction of sp³-hybridized carbons (Fsp3) is 0.100. The van der Waals surface area contributed by atoms with Crippen LogP contribution in [0.2, 0.25) is 0 Å². The normalized spacial score (nSPS) is 10.3. The van der Waals surface area contributed by atoms with Crippen LogP contribution in [-0.2, 0) is 6.54 Å². The van der Waals surface area contributed by atoms with E-state index >= 15 is 0 Å². The van der Waals surface area contributed by atoms with E-state index in [1.54, 1.807) is 11.6 Å². The van der Waals surface area contributed by atoms with Crippen LogP contribution in [0.1, 0.15) is 5.01 Å². The number of rotatable bonds is 4. The number of nitrogens with zero attached hydrogens (tertiary/aromatic N) is 2. The molecular formula is C10H7F2N3O2S. The molecule has 0 atom stereocenters. The molecule has 0 saturated carbocycles. The highest BCUT2D eigenvalue weighted by Gasteiger charge is 2.20. The molecule has 0 spiro atoms. The summed E-state index contributed by atoms with van der Waals surface area (Å²) in [5.74, 6) is -1.99. The van der Waals surface area contributed by atoms with E-state index in [1.807, 2.05) is 0 Å². The van der Waals surface area contributed by atoms with Crippen molar-refractivity contribution in [1.82, 2.24) is 4.98 Å². The van der Waals surface area contributed by atoms with Gasteiger partial charge < -0.3 is 5.32 Å². The minimum Gasteiger partial charge on any atom is -0.371 e. The van der Waals surface area contributed by atoms with Crippen LogP contribution in [0.4, 0.5) is 20.2 Å². The Morgan fingerprint density at radius 1 is 1.44 bits per heavy atom. The summed E-state index contributed by atoms with van der Waals surface area (Å²) in [6, 6.07) is 1.27. The van der Waals surface area contributed by atoms with Gasteiger partial charge in [-0.25, -0.2) is 13.8 Å². The standard InChI is InChI=1S/C10H7F2N3O2S/c11-6-3-7(12)10(8(4-6)15(16)17)14-5-9-13-1-2-18-9/h1-4,14H,5H2. The summed E-state index contributed by atoms with van der Waals surface area (Å²) >= 11 is 1.33. The average molecular weight is 271 g/mol. The summed E-state index contributed by atoms with van der Waals surface area (Å²) in [7, 11) is 0. The number of nitro benzene ring substituents is 1. The maximum atomic E-state index is 13.5. The van der Waals surface area contributed by atoms with Crippen LogP contribution in [0.15, 0.2) is 23.7 Å². The summed E-state index contributed by atoms with van der Waals surface area (Å²) < 4.78 is 26.4. The van der Waals surface area contributed by atoms with Crippen LogP contribution < -0.4 is 5.32 Å². The lowest BCUT2D eigenvalue weighted by Crippen LogP contribution is -2.05. The molecule has 0 aliphatic carbocycles. The van der Waals surface area contributed by atoms with Crippen LogP contribution in [0.5, 0.6) is 0 Å². The van der Waals surface area contributed by atoms with Gasteiger partial charge in [-0.3, -0.25) is 10.1 Å². The van der Waals surface area contributed by atoms with Crippen molar-refractivity contribution in [2.24, 2.45) is 0 Å². The third-order valence-electron chi connectivity index (χ3n) is 2.13. The van der Waals surface area contributed by atoms with Crippen molar-refractivity contribution < 1.29 is 13.7 Å². The molecule has 2 aromatic rings. The van der Waals surface area contributed by atoms with Crippen molar-refractivity contribution in [3.05, 3.63) is 50.5 Å². The molecule has 1 heterocycles. The topological polar surface area (TPSA) is 68.1 Å². The Kier molecular flexibility index (Phi) is 3.47. The molecule has 0 unspecified atom stereocenters. The van der Waals surface area contributed by atoms with Crippen molar-refractivity contribution in [3.8, 4) is 0 Å². The van der Waals surface area contributed by atoms with E-state index in [-0.39, 0.29) is 12.2 Å². The quantitative estimate of drug-likeness (QED) is 0.685. The lowest BCUT2D eigenvalue weighted by molar-refractivity contribution is -0.384. The zero-order valence-corrected chi connectivity index (χ0v) is 9.71. The Balaban J connectivity index is 2.28. The zero-order valence-electron chi connectivity index (χ0n) is 8.89. The molecule has 2 rings (SSSR count). The van der Waals surface area contributed by atoms with E-state index < -0.39 is 22.2 Å². The molecular weight excluding hydrogens is 264 g/mol. The van der Waals surface area contributed by atoms with E-state index in [0.717, 1.165) is 0 Å². The highest BCUT2D eigenvalue weighted by atomic mass is 32.1. The summed E-state index contributed by atoms with van der Waals surface area (Å²) in [5, 5.41) is 15.6. The molecule has 8 heteroatoms. The van der Waals surface area contributed by atoms with Crippen molar-refractivity contribution in [1.29, 1.82) is 0 Å². The molecule has 1 N–H and O–H groups in total. The maximum absolute atomic E-state index is 13.5. The molecule has 1 aromatic heterocycles. The number of aromatic nitrogens is 1. The van der Waals surface area contributed by atoms with Crippen molar-refractivity contribution in [2.45, 2.75) is 6.54 Å². The first kappa shape index (κ1) is 12.4. The Bertz CT molecular complexity index is 575. The largest absolute Gasteiger partial charge is 0.371 e. The number of anilines is 1. The number of nitro groups is 1. The first-order chi connectivity index (χ1) is 8.58. The van der Waals surface area contributed by atoms with Gasteiger partial charge in [-0.1, -0.05) is 0 Å². The number of nitrogens with one attached hydrogen (secondary N) is 1. The molecule has 5 nitrogen and oxygen atoms in total. The highest BCUT2D eigenvalue weighted by Crippen LogP contribution is 2.29. The minimum atomic E-state index is -1.00. The van der Waals surface area contributed by atoms with Gasteiger partial charge in [0.15, 0.2) is 5.82 Å². The predicted molar refractivity (Wildman–Crippen MR) is 62.5 cm³/mol. The van der Waals surface area contributed by atoms with Gasteiger partial charge in [0.2, 0.25) is 0 Å². The number of benzene rings is 1. The molecule has 18 heavy (non-hydrogen) atoms. The average Bonchev–Trinajstić information content (AvgIpc) is 2.79. The van der Waals surface area contributed by atoms with Gasteiger partial charge in [-0.15, -0.1) is 11.3 Å². The van der Waals surface area contributed by atoms with Crippen molar-refractivity contribution in [3.63, 3.8) is 0 Å². The fourth-order valence-corrected chi connectivity index (χ4v) is 1.94.